The first-order valence-corrected chi connectivity index (χ1v) is 17.5. The molecular formula is C43H49N5O6. The zero-order valence-corrected chi connectivity index (χ0v) is 29.6. The molecule has 0 aliphatic carbocycles. The fourth-order valence-electron chi connectivity index (χ4n) is 6.34. The van der Waals surface area contributed by atoms with Crippen molar-refractivity contribution in [3.63, 3.8) is 0 Å². The molecule has 282 valence electrons. The normalized spacial score (nSPS) is 12.1. The largest absolute Gasteiger partial charge is 0.497 e. The van der Waals surface area contributed by atoms with Gasteiger partial charge in [-0.15, -0.1) is 0 Å². The van der Waals surface area contributed by atoms with Crippen LogP contribution in [0, 0.1) is 10.1 Å². The number of aliphatic hydroxyl groups excluding tert-OH is 1. The average Bonchev–Trinajstić information content (AvgIpc) is 3.20. The maximum atomic E-state index is 13.6. The van der Waals surface area contributed by atoms with E-state index in [1.54, 1.807) is 43.5 Å². The molecular weight excluding hydrogens is 683 g/mol. The third kappa shape index (κ3) is 10.4. The highest BCUT2D eigenvalue weighted by molar-refractivity contribution is 5.97. The quantitative estimate of drug-likeness (QED) is 0.0296. The lowest BCUT2D eigenvalue weighted by atomic mass is 9.77. The number of non-ortho nitro benzene ring substituents is 1. The predicted octanol–water partition coefficient (Wildman–Crippen LogP) is 6.48. The van der Waals surface area contributed by atoms with E-state index in [4.69, 9.17) is 10.5 Å². The maximum absolute atomic E-state index is 13.6. The van der Waals surface area contributed by atoms with E-state index in [2.05, 4.69) is 52.3 Å². The lowest BCUT2D eigenvalue weighted by Crippen LogP contribution is -2.50. The number of nitrogens with zero attached hydrogens (tertiary/aromatic N) is 1. The second kappa shape index (κ2) is 19.8. The van der Waals surface area contributed by atoms with Crippen LogP contribution in [-0.2, 0) is 28.2 Å². The van der Waals surface area contributed by atoms with E-state index in [-0.39, 0.29) is 26.1 Å². The number of nitro groups is 1. The summed E-state index contributed by atoms with van der Waals surface area (Å²) in [6.45, 7) is 0.461. The predicted molar refractivity (Wildman–Crippen MR) is 212 cm³/mol. The number of ether oxygens (including phenoxy) is 1. The highest BCUT2D eigenvalue weighted by Gasteiger charge is 2.36. The summed E-state index contributed by atoms with van der Waals surface area (Å²) >= 11 is 0. The third-order valence-corrected chi connectivity index (χ3v) is 9.22. The zero-order chi connectivity index (χ0) is 37.6. The molecule has 0 aliphatic rings. The number of nitro benzene ring substituents is 1. The minimum atomic E-state index is -0.987. The minimum Gasteiger partial charge on any atom is -0.497 e. The van der Waals surface area contributed by atoms with E-state index in [1.807, 2.05) is 48.5 Å². The lowest BCUT2D eigenvalue weighted by molar-refractivity contribution is -0.384. The van der Waals surface area contributed by atoms with Crippen LogP contribution in [0.2, 0.25) is 0 Å². The smallest absolute Gasteiger partial charge is 0.269 e. The Morgan fingerprint density at radius 1 is 0.778 bits per heavy atom. The summed E-state index contributed by atoms with van der Waals surface area (Å²) in [7, 11) is 1.64. The summed E-state index contributed by atoms with van der Waals surface area (Å²) in [6, 6.07) is 39.3. The molecule has 0 aliphatic heterocycles. The number of unbranched alkanes of at least 4 members (excludes halogenated alkanes) is 1. The summed E-state index contributed by atoms with van der Waals surface area (Å²) in [4.78, 5) is 37.5. The van der Waals surface area contributed by atoms with Crippen LogP contribution >= 0.6 is 0 Å². The minimum absolute atomic E-state index is 0. The Morgan fingerprint density at radius 2 is 1.33 bits per heavy atom. The highest BCUT2D eigenvalue weighted by Crippen LogP contribution is 2.37. The molecule has 5 rings (SSSR count). The van der Waals surface area contributed by atoms with Crippen LogP contribution in [0.3, 0.4) is 0 Å². The second-order valence-corrected chi connectivity index (χ2v) is 12.8. The first-order valence-electron chi connectivity index (χ1n) is 17.5. The molecule has 2 atom stereocenters. The Hall–Kier alpha value is -5.88. The molecule has 0 saturated carbocycles. The third-order valence-electron chi connectivity index (χ3n) is 9.22. The Morgan fingerprint density at radius 3 is 1.87 bits per heavy atom. The van der Waals surface area contributed by atoms with Gasteiger partial charge in [0.05, 0.1) is 30.2 Å². The molecule has 6 N–H and O–H groups in total. The molecule has 0 radical (unpaired) electrons. The van der Waals surface area contributed by atoms with E-state index in [1.165, 1.54) is 12.1 Å². The van der Waals surface area contributed by atoms with Crippen LogP contribution in [-0.4, -0.2) is 47.6 Å². The Kier molecular flexibility index (Phi) is 15.0. The van der Waals surface area contributed by atoms with Gasteiger partial charge in [-0.1, -0.05) is 104 Å². The van der Waals surface area contributed by atoms with Gasteiger partial charge in [-0.3, -0.25) is 25.0 Å². The van der Waals surface area contributed by atoms with E-state index >= 15 is 0 Å². The number of amides is 2. The highest BCUT2D eigenvalue weighted by atomic mass is 16.6. The number of nitrogens with one attached hydrogen (secondary N) is 3. The molecule has 54 heavy (non-hydrogen) atoms. The average molecular weight is 732 g/mol. The number of methoxy groups -OCH3 is 1. The monoisotopic (exact) mass is 731 g/mol. The van der Waals surface area contributed by atoms with Gasteiger partial charge in [0, 0.05) is 17.8 Å². The summed E-state index contributed by atoms with van der Waals surface area (Å²) in [6.07, 6.45) is 1.74. The Balaban J connectivity index is 0.00000650. The van der Waals surface area contributed by atoms with Crippen molar-refractivity contribution in [3.8, 4) is 5.75 Å². The van der Waals surface area contributed by atoms with Crippen LogP contribution < -0.4 is 26.4 Å². The molecule has 0 fully saturated rings. The summed E-state index contributed by atoms with van der Waals surface area (Å²) in [5.41, 5.74) is 10.6. The van der Waals surface area contributed by atoms with Gasteiger partial charge in [-0.2, -0.15) is 0 Å². The molecule has 0 saturated heterocycles. The van der Waals surface area contributed by atoms with Crippen molar-refractivity contribution < 1.29 is 24.4 Å². The van der Waals surface area contributed by atoms with Gasteiger partial charge in [0.15, 0.2) is 0 Å². The van der Waals surface area contributed by atoms with Crippen molar-refractivity contribution in [2.45, 2.75) is 57.3 Å². The number of aliphatic hydroxyl groups is 1. The second-order valence-electron chi connectivity index (χ2n) is 12.8. The summed E-state index contributed by atoms with van der Waals surface area (Å²) < 4.78 is 5.46. The van der Waals surface area contributed by atoms with E-state index in [0.717, 1.165) is 22.4 Å². The zero-order valence-electron chi connectivity index (χ0n) is 29.6. The fourth-order valence-corrected chi connectivity index (χ4v) is 6.34. The molecule has 5 aromatic rings. The number of hydrogen-bond donors (Lipinski definition) is 5. The molecule has 5 aromatic carbocycles. The molecule has 11 heteroatoms. The summed E-state index contributed by atoms with van der Waals surface area (Å²) in [5.74, 6) is -0.150. The lowest BCUT2D eigenvalue weighted by Gasteiger charge is -2.37. The number of anilines is 1. The van der Waals surface area contributed by atoms with Crippen molar-refractivity contribution in [3.05, 3.63) is 171 Å². The first kappa shape index (κ1) is 40.9. The van der Waals surface area contributed by atoms with Gasteiger partial charge in [0.1, 0.15) is 11.8 Å². The van der Waals surface area contributed by atoms with Crippen molar-refractivity contribution in [1.29, 1.82) is 0 Å². The maximum Gasteiger partial charge on any atom is 0.269 e. The van der Waals surface area contributed by atoms with Crippen LogP contribution in [0.5, 0.6) is 5.75 Å². The Bertz CT molecular complexity index is 1880. The number of hydrogen-bond acceptors (Lipinski definition) is 8. The van der Waals surface area contributed by atoms with E-state index in [9.17, 15) is 24.8 Å². The molecule has 11 nitrogen and oxygen atoms in total. The van der Waals surface area contributed by atoms with Crippen LogP contribution in [0.25, 0.3) is 0 Å². The topological polar surface area (TPSA) is 169 Å². The number of nitrogens with two attached hydrogens (primary N) is 1. The molecule has 0 heterocycles. The number of carbonyl (C=O) groups excluding carboxylic acids is 2. The van der Waals surface area contributed by atoms with E-state index in [0.29, 0.717) is 42.6 Å². The molecule has 0 unspecified atom stereocenters. The van der Waals surface area contributed by atoms with Crippen molar-refractivity contribution >= 4 is 23.2 Å². The van der Waals surface area contributed by atoms with Gasteiger partial charge < -0.3 is 26.2 Å². The molecule has 0 spiro atoms. The van der Waals surface area contributed by atoms with Gasteiger partial charge in [-0.25, -0.2) is 0 Å². The van der Waals surface area contributed by atoms with Crippen molar-refractivity contribution in [1.82, 2.24) is 10.6 Å². The van der Waals surface area contributed by atoms with E-state index < -0.39 is 34.4 Å². The Labute approximate surface area is 316 Å². The van der Waals surface area contributed by atoms with Gasteiger partial charge in [-0.05, 0) is 84.3 Å². The number of carbonyl (C=O) groups is 2. The van der Waals surface area contributed by atoms with Crippen LogP contribution in [0.1, 0.15) is 54.5 Å². The van der Waals surface area contributed by atoms with Gasteiger partial charge in [0.2, 0.25) is 11.8 Å². The molecule has 0 bridgehead atoms. The van der Waals surface area contributed by atoms with Crippen molar-refractivity contribution in [2.75, 3.05) is 19.0 Å². The van der Waals surface area contributed by atoms with Crippen LogP contribution in [0.4, 0.5) is 11.4 Å². The standard InChI is InChI=1S/C42H45N5O6.CH4/c1-53-37-25-19-34(20-26-37)42(32-10-4-2-5-11-32,33-12-6-3-7-13-33)44-27-9-8-14-39(41(50)45-35-21-15-31(29-48)16-22-35)46-40(49)38(43)28-30-17-23-36(24-18-30)47(51)52;/h2-7,10-13,15-26,38-39,44,48H,8-9,14,27-29,43H2,1H3,(H,45,50)(H,46,49);1H4/t38-,39-;/m0./s1. The SMILES string of the molecule is C.COc1ccc(C(NCCCC[C@H](NC(=O)[C@@H](N)Cc2ccc([N+](=O)[O-])cc2)C(=O)Nc2ccc(CO)cc2)(c2ccccc2)c2ccccc2)cc1. The van der Waals surface area contributed by atoms with Crippen LogP contribution in [0.15, 0.2) is 133 Å². The van der Waals surface area contributed by atoms with Crippen molar-refractivity contribution in [2.24, 2.45) is 5.73 Å². The summed E-state index contributed by atoms with van der Waals surface area (Å²) in [5, 5.41) is 30.0. The fraction of sp³-hybridized carbons (Fsp3) is 0.256. The number of rotatable bonds is 18. The number of benzene rings is 5. The molecule has 2 amide bonds. The first-order chi connectivity index (χ1) is 25.7. The van der Waals surface area contributed by atoms with Gasteiger partial charge in [0.25, 0.3) is 5.69 Å². The van der Waals surface area contributed by atoms with Gasteiger partial charge >= 0.3 is 0 Å². The molecule has 0 aromatic heterocycles.